The summed E-state index contributed by atoms with van der Waals surface area (Å²) >= 11 is 5.76. The first-order valence-corrected chi connectivity index (χ1v) is 11.2. The molecule has 3 aromatic rings. The lowest BCUT2D eigenvalue weighted by atomic mass is 10.1. The molecule has 9 heteroatoms. The summed E-state index contributed by atoms with van der Waals surface area (Å²) in [5.74, 6) is -1.23. The molecule has 1 heterocycles. The fourth-order valence-electron chi connectivity index (χ4n) is 3.78. The number of hydrogen-bond donors (Lipinski definition) is 3. The van der Waals surface area contributed by atoms with Gasteiger partial charge in [0, 0.05) is 36.7 Å². The third-order valence-corrected chi connectivity index (χ3v) is 5.78. The van der Waals surface area contributed by atoms with Crippen LogP contribution in [0.4, 0.5) is 30.6 Å². The number of benzene rings is 3. The number of halogens is 3. The van der Waals surface area contributed by atoms with Crippen LogP contribution in [-0.2, 0) is 6.54 Å². The van der Waals surface area contributed by atoms with Crippen LogP contribution in [0.15, 0.2) is 60.7 Å². The standard InChI is InChI=1S/C25H23ClF2N4O2/c26-21-14-19(7-9-22(21)28)31-25(34)30-18-8-10-23(32-11-1-2-12-32)20(13-18)24(33)29-15-16-3-5-17(27)6-4-16/h3-10,13-14H,1-2,11-12,15H2,(H,29,33)(H2,30,31,34). The predicted molar refractivity (Wildman–Crippen MR) is 130 cm³/mol. The highest BCUT2D eigenvalue weighted by Crippen LogP contribution is 2.28. The summed E-state index contributed by atoms with van der Waals surface area (Å²) in [6.07, 6.45) is 2.08. The Bertz CT molecular complexity index is 1200. The van der Waals surface area contributed by atoms with Crippen LogP contribution in [0, 0.1) is 11.6 Å². The molecule has 34 heavy (non-hydrogen) atoms. The zero-order valence-corrected chi connectivity index (χ0v) is 19.0. The number of anilines is 3. The SMILES string of the molecule is O=C(Nc1ccc(F)c(Cl)c1)Nc1ccc(N2CCCC2)c(C(=O)NCc2ccc(F)cc2)c1. The van der Waals surface area contributed by atoms with Crippen molar-refractivity contribution in [2.24, 2.45) is 0 Å². The van der Waals surface area contributed by atoms with E-state index in [4.69, 9.17) is 11.6 Å². The van der Waals surface area contributed by atoms with Crippen LogP contribution in [0.3, 0.4) is 0 Å². The van der Waals surface area contributed by atoms with Crippen molar-refractivity contribution in [3.05, 3.63) is 88.4 Å². The average molecular weight is 485 g/mol. The Morgan fingerprint density at radius 2 is 1.53 bits per heavy atom. The summed E-state index contributed by atoms with van der Waals surface area (Å²) in [5, 5.41) is 8.04. The lowest BCUT2D eigenvalue weighted by Gasteiger charge is -2.22. The minimum Gasteiger partial charge on any atom is -0.371 e. The van der Waals surface area contributed by atoms with E-state index in [1.54, 1.807) is 24.3 Å². The second-order valence-electron chi connectivity index (χ2n) is 7.94. The topological polar surface area (TPSA) is 73.5 Å². The van der Waals surface area contributed by atoms with E-state index in [1.165, 1.54) is 24.3 Å². The third kappa shape index (κ3) is 5.82. The Labute approximate surface area is 200 Å². The van der Waals surface area contributed by atoms with Crippen molar-refractivity contribution in [3.8, 4) is 0 Å². The van der Waals surface area contributed by atoms with Gasteiger partial charge in [-0.15, -0.1) is 0 Å². The second-order valence-corrected chi connectivity index (χ2v) is 8.35. The van der Waals surface area contributed by atoms with Crippen LogP contribution in [0.1, 0.15) is 28.8 Å². The lowest BCUT2D eigenvalue weighted by Crippen LogP contribution is -2.27. The van der Waals surface area contributed by atoms with Crippen LogP contribution in [0.5, 0.6) is 0 Å². The molecule has 4 rings (SSSR count). The van der Waals surface area contributed by atoms with Gasteiger partial charge >= 0.3 is 6.03 Å². The maximum Gasteiger partial charge on any atom is 0.323 e. The highest BCUT2D eigenvalue weighted by atomic mass is 35.5. The molecule has 0 radical (unpaired) electrons. The summed E-state index contributed by atoms with van der Waals surface area (Å²) in [4.78, 5) is 27.6. The zero-order chi connectivity index (χ0) is 24.1. The molecule has 0 aliphatic carbocycles. The molecular formula is C25H23ClF2N4O2. The van der Waals surface area contributed by atoms with E-state index in [2.05, 4.69) is 20.9 Å². The van der Waals surface area contributed by atoms with Crippen LogP contribution in [0.25, 0.3) is 0 Å². The number of rotatable bonds is 6. The molecule has 3 amide bonds. The third-order valence-electron chi connectivity index (χ3n) is 5.49. The molecule has 0 saturated carbocycles. The van der Waals surface area contributed by atoms with Crippen molar-refractivity contribution in [2.75, 3.05) is 28.6 Å². The molecule has 0 atom stereocenters. The number of nitrogens with zero attached hydrogens (tertiary/aromatic N) is 1. The van der Waals surface area contributed by atoms with Crippen molar-refractivity contribution in [3.63, 3.8) is 0 Å². The minimum absolute atomic E-state index is 0.104. The van der Waals surface area contributed by atoms with Crippen LogP contribution < -0.4 is 20.9 Å². The first kappa shape index (κ1) is 23.5. The predicted octanol–water partition coefficient (Wildman–Crippen LogP) is 5.79. The minimum atomic E-state index is -0.582. The molecule has 3 aromatic carbocycles. The van der Waals surface area contributed by atoms with E-state index in [0.29, 0.717) is 16.9 Å². The average Bonchev–Trinajstić information content (AvgIpc) is 3.35. The van der Waals surface area contributed by atoms with Crippen molar-refractivity contribution < 1.29 is 18.4 Å². The smallest absolute Gasteiger partial charge is 0.323 e. The second kappa shape index (κ2) is 10.5. The van der Waals surface area contributed by atoms with E-state index < -0.39 is 11.8 Å². The summed E-state index contributed by atoms with van der Waals surface area (Å²) in [7, 11) is 0. The maximum absolute atomic E-state index is 13.3. The normalized spacial score (nSPS) is 13.0. The van der Waals surface area contributed by atoms with Crippen molar-refractivity contribution in [1.29, 1.82) is 0 Å². The van der Waals surface area contributed by atoms with Crippen molar-refractivity contribution in [2.45, 2.75) is 19.4 Å². The molecule has 1 fully saturated rings. The van der Waals surface area contributed by atoms with Gasteiger partial charge in [-0.3, -0.25) is 4.79 Å². The van der Waals surface area contributed by atoms with Gasteiger partial charge in [0.05, 0.1) is 10.6 Å². The molecule has 1 aliphatic rings. The fraction of sp³-hybridized carbons (Fsp3) is 0.200. The Morgan fingerprint density at radius 1 is 0.882 bits per heavy atom. The van der Waals surface area contributed by atoms with E-state index in [0.717, 1.165) is 43.2 Å². The van der Waals surface area contributed by atoms with Crippen molar-refractivity contribution in [1.82, 2.24) is 5.32 Å². The molecule has 0 aromatic heterocycles. The number of nitrogens with one attached hydrogen (secondary N) is 3. The maximum atomic E-state index is 13.3. The molecule has 1 saturated heterocycles. The number of carbonyl (C=O) groups is 2. The van der Waals surface area contributed by atoms with Gasteiger partial charge in [0.15, 0.2) is 0 Å². The van der Waals surface area contributed by atoms with E-state index >= 15 is 0 Å². The quantitative estimate of drug-likeness (QED) is 0.414. The van der Waals surface area contributed by atoms with Crippen LogP contribution in [-0.4, -0.2) is 25.0 Å². The van der Waals surface area contributed by atoms with Gasteiger partial charge in [0.25, 0.3) is 5.91 Å². The lowest BCUT2D eigenvalue weighted by molar-refractivity contribution is 0.0951. The van der Waals surface area contributed by atoms with Gasteiger partial charge in [0.2, 0.25) is 0 Å². The number of urea groups is 1. The van der Waals surface area contributed by atoms with E-state index in [1.807, 2.05) is 6.07 Å². The molecule has 6 nitrogen and oxygen atoms in total. The number of hydrogen-bond acceptors (Lipinski definition) is 3. The Kier molecular flexibility index (Phi) is 7.27. The Hall–Kier alpha value is -3.65. The molecule has 3 N–H and O–H groups in total. The van der Waals surface area contributed by atoms with E-state index in [-0.39, 0.29) is 23.3 Å². The van der Waals surface area contributed by atoms with Gasteiger partial charge in [-0.05, 0) is 66.9 Å². The molecule has 1 aliphatic heterocycles. The Morgan fingerprint density at radius 3 is 2.21 bits per heavy atom. The molecular weight excluding hydrogens is 462 g/mol. The van der Waals surface area contributed by atoms with Gasteiger partial charge in [-0.1, -0.05) is 23.7 Å². The molecule has 0 bridgehead atoms. The van der Waals surface area contributed by atoms with Gasteiger partial charge in [-0.2, -0.15) is 0 Å². The first-order chi connectivity index (χ1) is 16.4. The van der Waals surface area contributed by atoms with Gasteiger partial charge < -0.3 is 20.9 Å². The molecule has 0 spiro atoms. The van der Waals surface area contributed by atoms with Crippen LogP contribution in [0.2, 0.25) is 5.02 Å². The summed E-state index contributed by atoms with van der Waals surface area (Å²) in [6.45, 7) is 1.93. The molecule has 176 valence electrons. The Balaban J connectivity index is 1.50. The summed E-state index contributed by atoms with van der Waals surface area (Å²) < 4.78 is 26.5. The first-order valence-electron chi connectivity index (χ1n) is 10.8. The summed E-state index contributed by atoms with van der Waals surface area (Å²) in [5.41, 5.74) is 2.72. The van der Waals surface area contributed by atoms with Crippen molar-refractivity contribution >= 4 is 40.6 Å². The van der Waals surface area contributed by atoms with Gasteiger partial charge in [0.1, 0.15) is 11.6 Å². The number of amides is 3. The molecule has 0 unspecified atom stereocenters. The van der Waals surface area contributed by atoms with Gasteiger partial charge in [-0.25, -0.2) is 13.6 Å². The highest BCUT2D eigenvalue weighted by Gasteiger charge is 2.20. The fourth-order valence-corrected chi connectivity index (χ4v) is 3.96. The zero-order valence-electron chi connectivity index (χ0n) is 18.2. The largest absolute Gasteiger partial charge is 0.371 e. The van der Waals surface area contributed by atoms with Crippen LogP contribution >= 0.6 is 11.6 Å². The monoisotopic (exact) mass is 484 g/mol. The number of carbonyl (C=O) groups excluding carboxylic acids is 2. The summed E-state index contributed by atoms with van der Waals surface area (Å²) in [6, 6.07) is 14.4. The van der Waals surface area contributed by atoms with E-state index in [9.17, 15) is 18.4 Å². The highest BCUT2D eigenvalue weighted by molar-refractivity contribution is 6.31.